The van der Waals surface area contributed by atoms with Crippen molar-refractivity contribution in [3.63, 3.8) is 0 Å². The lowest BCUT2D eigenvalue weighted by molar-refractivity contribution is 0.103. The van der Waals surface area contributed by atoms with Crippen LogP contribution in [0.4, 0.5) is 0 Å². The molecule has 2 rings (SSSR count). The molecule has 0 spiro atoms. The predicted octanol–water partition coefficient (Wildman–Crippen LogP) is 2.38. The highest BCUT2D eigenvalue weighted by molar-refractivity contribution is 5.17. The molecule has 1 aliphatic heterocycles. The molecule has 1 aromatic carbocycles. The number of hydrogen-bond acceptors (Lipinski definition) is 3. The quantitative estimate of drug-likeness (QED) is 0.864. The van der Waals surface area contributed by atoms with Gasteiger partial charge in [0.25, 0.3) is 0 Å². The van der Waals surface area contributed by atoms with Gasteiger partial charge in [-0.2, -0.15) is 0 Å². The number of nitrogens with zero attached hydrogens (tertiary/aromatic N) is 2. The van der Waals surface area contributed by atoms with Gasteiger partial charge in [-0.15, -0.1) is 0 Å². The number of hydrogen-bond donors (Lipinski definition) is 1. The molecule has 0 aromatic heterocycles. The van der Waals surface area contributed by atoms with E-state index >= 15 is 0 Å². The van der Waals surface area contributed by atoms with Crippen molar-refractivity contribution in [1.82, 2.24) is 9.80 Å². The van der Waals surface area contributed by atoms with Crippen LogP contribution in [-0.4, -0.2) is 54.7 Å². The standard InChI is InChI=1S/C17H28N2O/c1-3-19-11-9-15(10-12-19)13-18(2)14-17(20)16-7-5-4-6-8-16/h4-8,15,17,20H,3,9-14H2,1-2H3. The Hall–Kier alpha value is -0.900. The molecule has 1 N–H and O–H groups in total. The summed E-state index contributed by atoms with van der Waals surface area (Å²) < 4.78 is 0. The van der Waals surface area contributed by atoms with Gasteiger partial charge < -0.3 is 14.9 Å². The molecule has 0 radical (unpaired) electrons. The predicted molar refractivity (Wildman–Crippen MR) is 83.7 cm³/mol. The molecule has 0 amide bonds. The highest BCUT2D eigenvalue weighted by Crippen LogP contribution is 2.19. The Morgan fingerprint density at radius 2 is 1.90 bits per heavy atom. The van der Waals surface area contributed by atoms with E-state index in [9.17, 15) is 5.11 Å². The zero-order valence-electron chi connectivity index (χ0n) is 12.8. The van der Waals surface area contributed by atoms with Crippen molar-refractivity contribution in [2.24, 2.45) is 5.92 Å². The van der Waals surface area contributed by atoms with Gasteiger partial charge in [0.15, 0.2) is 0 Å². The Balaban J connectivity index is 1.74. The average Bonchev–Trinajstić information content (AvgIpc) is 2.49. The zero-order valence-corrected chi connectivity index (χ0v) is 12.8. The SMILES string of the molecule is CCN1CCC(CN(C)CC(O)c2ccccc2)CC1. The Labute approximate surface area is 123 Å². The van der Waals surface area contributed by atoms with Crippen molar-refractivity contribution in [2.45, 2.75) is 25.9 Å². The molecule has 1 unspecified atom stereocenters. The van der Waals surface area contributed by atoms with Crippen LogP contribution < -0.4 is 0 Å². The van der Waals surface area contributed by atoms with Gasteiger partial charge in [-0.1, -0.05) is 37.3 Å². The summed E-state index contributed by atoms with van der Waals surface area (Å²) in [6.45, 7) is 7.70. The summed E-state index contributed by atoms with van der Waals surface area (Å²) in [6, 6.07) is 9.95. The van der Waals surface area contributed by atoms with E-state index in [0.717, 1.165) is 24.6 Å². The molecule has 0 saturated carbocycles. The first kappa shape index (κ1) is 15.5. The van der Waals surface area contributed by atoms with Gasteiger partial charge in [0, 0.05) is 13.1 Å². The number of likely N-dealkylation sites (N-methyl/N-ethyl adjacent to an activating group) is 1. The Bertz CT molecular complexity index is 374. The maximum Gasteiger partial charge on any atom is 0.0916 e. The molecule has 0 aliphatic carbocycles. The lowest BCUT2D eigenvalue weighted by atomic mass is 9.96. The molecule has 1 atom stereocenters. The minimum atomic E-state index is -0.378. The Morgan fingerprint density at radius 3 is 2.50 bits per heavy atom. The summed E-state index contributed by atoms with van der Waals surface area (Å²) in [5.74, 6) is 0.783. The van der Waals surface area contributed by atoms with Crippen LogP contribution >= 0.6 is 0 Å². The minimum absolute atomic E-state index is 0.378. The first-order valence-corrected chi connectivity index (χ1v) is 7.83. The van der Waals surface area contributed by atoms with Gasteiger partial charge in [0.05, 0.1) is 6.10 Å². The van der Waals surface area contributed by atoms with Crippen LogP contribution in [0.5, 0.6) is 0 Å². The third-order valence-corrected chi connectivity index (χ3v) is 4.39. The Kier molecular flexibility index (Phi) is 6.02. The van der Waals surface area contributed by atoms with Crippen molar-refractivity contribution in [2.75, 3.05) is 39.8 Å². The molecule has 3 heteroatoms. The summed E-state index contributed by atoms with van der Waals surface area (Å²) in [7, 11) is 2.12. The molecule has 3 nitrogen and oxygen atoms in total. The van der Waals surface area contributed by atoms with Crippen LogP contribution in [0, 0.1) is 5.92 Å². The molecule has 1 fully saturated rings. The van der Waals surface area contributed by atoms with Crippen molar-refractivity contribution in [3.05, 3.63) is 35.9 Å². The highest BCUT2D eigenvalue weighted by atomic mass is 16.3. The number of likely N-dealkylation sites (tertiary alicyclic amines) is 1. The van der Waals surface area contributed by atoms with Gasteiger partial charge in [-0.05, 0) is 51.0 Å². The van der Waals surface area contributed by atoms with Gasteiger partial charge in [0.2, 0.25) is 0 Å². The second-order valence-corrected chi connectivity index (χ2v) is 6.03. The van der Waals surface area contributed by atoms with E-state index < -0.39 is 0 Å². The third-order valence-electron chi connectivity index (χ3n) is 4.39. The molecular weight excluding hydrogens is 248 g/mol. The maximum absolute atomic E-state index is 10.3. The second-order valence-electron chi connectivity index (χ2n) is 6.03. The van der Waals surface area contributed by atoms with Crippen molar-refractivity contribution < 1.29 is 5.11 Å². The number of aliphatic hydroxyl groups excluding tert-OH is 1. The van der Waals surface area contributed by atoms with Gasteiger partial charge in [0.1, 0.15) is 0 Å². The van der Waals surface area contributed by atoms with E-state index in [1.54, 1.807) is 0 Å². The molecule has 1 aliphatic rings. The summed E-state index contributed by atoms with van der Waals surface area (Å²) >= 11 is 0. The molecule has 1 saturated heterocycles. The monoisotopic (exact) mass is 276 g/mol. The van der Waals surface area contributed by atoms with Crippen molar-refractivity contribution >= 4 is 0 Å². The normalized spacial score (nSPS) is 19.4. The number of piperidine rings is 1. The van der Waals surface area contributed by atoms with Crippen LogP contribution in [0.15, 0.2) is 30.3 Å². The van der Waals surface area contributed by atoms with E-state index in [-0.39, 0.29) is 6.10 Å². The molecule has 20 heavy (non-hydrogen) atoms. The van der Waals surface area contributed by atoms with Crippen molar-refractivity contribution in [3.8, 4) is 0 Å². The van der Waals surface area contributed by atoms with Crippen LogP contribution in [0.2, 0.25) is 0 Å². The van der Waals surface area contributed by atoms with Crippen LogP contribution in [-0.2, 0) is 0 Å². The van der Waals surface area contributed by atoms with Crippen LogP contribution in [0.1, 0.15) is 31.4 Å². The molecule has 112 valence electrons. The van der Waals surface area contributed by atoms with Gasteiger partial charge >= 0.3 is 0 Å². The largest absolute Gasteiger partial charge is 0.387 e. The van der Waals surface area contributed by atoms with Crippen LogP contribution in [0.25, 0.3) is 0 Å². The van der Waals surface area contributed by atoms with E-state index in [0.29, 0.717) is 0 Å². The summed E-state index contributed by atoms with van der Waals surface area (Å²) in [5.41, 5.74) is 1.01. The maximum atomic E-state index is 10.3. The van der Waals surface area contributed by atoms with E-state index in [2.05, 4.69) is 23.8 Å². The minimum Gasteiger partial charge on any atom is -0.387 e. The van der Waals surface area contributed by atoms with Gasteiger partial charge in [-0.3, -0.25) is 0 Å². The van der Waals surface area contributed by atoms with Crippen LogP contribution in [0.3, 0.4) is 0 Å². The fourth-order valence-electron chi connectivity index (χ4n) is 3.08. The zero-order chi connectivity index (χ0) is 14.4. The fraction of sp³-hybridized carbons (Fsp3) is 0.647. The summed E-state index contributed by atoms with van der Waals surface area (Å²) in [6.07, 6.45) is 2.20. The molecule has 1 aromatic rings. The smallest absolute Gasteiger partial charge is 0.0916 e. The molecule has 0 bridgehead atoms. The fourth-order valence-corrected chi connectivity index (χ4v) is 3.08. The summed E-state index contributed by atoms with van der Waals surface area (Å²) in [5, 5.41) is 10.3. The first-order chi connectivity index (χ1) is 9.69. The van der Waals surface area contributed by atoms with Crippen molar-refractivity contribution in [1.29, 1.82) is 0 Å². The van der Waals surface area contributed by atoms with E-state index in [1.165, 1.54) is 32.5 Å². The first-order valence-electron chi connectivity index (χ1n) is 7.83. The molecule has 1 heterocycles. The average molecular weight is 276 g/mol. The van der Waals surface area contributed by atoms with E-state index in [1.807, 2.05) is 30.3 Å². The second kappa shape index (κ2) is 7.77. The lowest BCUT2D eigenvalue weighted by Crippen LogP contribution is -2.38. The van der Waals surface area contributed by atoms with E-state index in [4.69, 9.17) is 0 Å². The van der Waals surface area contributed by atoms with Gasteiger partial charge in [-0.25, -0.2) is 0 Å². The number of benzene rings is 1. The topological polar surface area (TPSA) is 26.7 Å². The third kappa shape index (κ3) is 4.58. The number of rotatable bonds is 6. The molecular formula is C17H28N2O. The Morgan fingerprint density at radius 1 is 1.25 bits per heavy atom. The summed E-state index contributed by atoms with van der Waals surface area (Å²) in [4.78, 5) is 4.80. The highest BCUT2D eigenvalue weighted by Gasteiger charge is 2.20. The lowest BCUT2D eigenvalue weighted by Gasteiger charge is -2.33. The number of aliphatic hydroxyl groups is 1.